The van der Waals surface area contributed by atoms with E-state index in [2.05, 4.69) is 4.98 Å². The van der Waals surface area contributed by atoms with Crippen molar-refractivity contribution in [2.24, 2.45) is 5.92 Å². The predicted octanol–water partition coefficient (Wildman–Crippen LogP) is 2.11. The van der Waals surface area contributed by atoms with E-state index in [1.807, 2.05) is 0 Å². The van der Waals surface area contributed by atoms with Crippen molar-refractivity contribution in [3.05, 3.63) is 24.3 Å². The van der Waals surface area contributed by atoms with Crippen molar-refractivity contribution < 1.29 is 21.9 Å². The first kappa shape index (κ1) is 15.4. The molecule has 120 valence electrons. The average molecular weight is 330 g/mol. The molecule has 0 spiro atoms. The number of alkyl halides is 2. The quantitative estimate of drug-likeness (QED) is 0.865. The van der Waals surface area contributed by atoms with E-state index in [0.29, 0.717) is 11.0 Å². The number of sulfone groups is 1. The first-order valence-corrected chi connectivity index (χ1v) is 8.79. The van der Waals surface area contributed by atoms with Crippen molar-refractivity contribution in [1.82, 2.24) is 9.55 Å². The number of para-hydroxylation sites is 2. The highest BCUT2D eigenvalue weighted by Crippen LogP contribution is 2.34. The molecule has 0 saturated carbocycles. The lowest BCUT2D eigenvalue weighted by atomic mass is 9.97. The molecule has 2 heterocycles. The third-order valence-corrected chi connectivity index (χ3v) is 4.83. The van der Waals surface area contributed by atoms with E-state index in [4.69, 9.17) is 4.74 Å². The Morgan fingerprint density at radius 3 is 2.82 bits per heavy atom. The molecule has 1 aromatic heterocycles. The molecule has 0 radical (unpaired) electrons. The van der Waals surface area contributed by atoms with Crippen LogP contribution in [0.15, 0.2) is 29.4 Å². The van der Waals surface area contributed by atoms with Gasteiger partial charge in [-0.2, -0.15) is 0 Å². The summed E-state index contributed by atoms with van der Waals surface area (Å²) in [5.74, 6) is -3.95. The maximum Gasteiger partial charge on any atom is 0.257 e. The number of ether oxygens (including phenoxy) is 1. The van der Waals surface area contributed by atoms with Gasteiger partial charge in [-0.15, -0.1) is 0 Å². The Labute approximate surface area is 126 Å². The summed E-state index contributed by atoms with van der Waals surface area (Å²) in [7, 11) is -3.62. The minimum atomic E-state index is -3.62. The van der Waals surface area contributed by atoms with Gasteiger partial charge in [0.2, 0.25) is 15.0 Å². The van der Waals surface area contributed by atoms with Gasteiger partial charge in [0, 0.05) is 19.2 Å². The second-order valence-electron chi connectivity index (χ2n) is 5.55. The number of aromatic nitrogens is 2. The first-order chi connectivity index (χ1) is 10.3. The fraction of sp³-hybridized carbons (Fsp3) is 0.500. The zero-order chi connectivity index (χ0) is 16.0. The van der Waals surface area contributed by atoms with Crippen LogP contribution in [0.5, 0.6) is 0 Å². The predicted molar refractivity (Wildman–Crippen MR) is 76.7 cm³/mol. The Morgan fingerprint density at radius 2 is 2.14 bits per heavy atom. The van der Waals surface area contributed by atoms with Crippen LogP contribution >= 0.6 is 0 Å². The summed E-state index contributed by atoms with van der Waals surface area (Å²) in [6.07, 6.45) is 0.679. The van der Waals surface area contributed by atoms with Crippen LogP contribution < -0.4 is 0 Å². The lowest BCUT2D eigenvalue weighted by molar-refractivity contribution is -0.145. The van der Waals surface area contributed by atoms with Crippen molar-refractivity contribution in [2.75, 3.05) is 19.5 Å². The Kier molecular flexibility index (Phi) is 3.68. The first-order valence-electron chi connectivity index (χ1n) is 6.90. The fourth-order valence-electron chi connectivity index (χ4n) is 2.68. The van der Waals surface area contributed by atoms with E-state index in [1.54, 1.807) is 24.3 Å². The molecule has 1 aliphatic heterocycles. The van der Waals surface area contributed by atoms with E-state index >= 15 is 0 Å². The molecule has 2 aromatic rings. The number of fused-ring (bicyclic) bond motifs is 1. The molecule has 1 unspecified atom stereocenters. The number of rotatable bonds is 3. The number of hydrogen-bond donors (Lipinski definition) is 0. The molecule has 0 aliphatic carbocycles. The van der Waals surface area contributed by atoms with Gasteiger partial charge in [0.15, 0.2) is 0 Å². The second kappa shape index (κ2) is 5.27. The van der Waals surface area contributed by atoms with Crippen LogP contribution in [-0.2, 0) is 21.1 Å². The summed E-state index contributed by atoms with van der Waals surface area (Å²) in [5.41, 5.74) is 1.01. The summed E-state index contributed by atoms with van der Waals surface area (Å²) < 4.78 is 58.4. The molecule has 0 amide bonds. The third-order valence-electron chi connectivity index (χ3n) is 3.85. The molecule has 1 fully saturated rings. The average Bonchev–Trinajstić information content (AvgIpc) is 2.80. The Hall–Kier alpha value is -1.54. The summed E-state index contributed by atoms with van der Waals surface area (Å²) in [5, 5.41) is -0.185. The van der Waals surface area contributed by atoms with Crippen LogP contribution in [0.1, 0.15) is 6.42 Å². The van der Waals surface area contributed by atoms with E-state index in [-0.39, 0.29) is 31.3 Å². The largest absolute Gasteiger partial charge is 0.381 e. The van der Waals surface area contributed by atoms with Crippen LogP contribution in [0.3, 0.4) is 0 Å². The maximum atomic E-state index is 14.0. The zero-order valence-corrected chi connectivity index (χ0v) is 12.8. The highest BCUT2D eigenvalue weighted by atomic mass is 32.2. The van der Waals surface area contributed by atoms with Crippen LogP contribution in [0, 0.1) is 5.92 Å². The Balaban J connectivity index is 2.09. The molecule has 3 rings (SSSR count). The fourth-order valence-corrected chi connectivity index (χ4v) is 3.52. The topological polar surface area (TPSA) is 61.2 Å². The van der Waals surface area contributed by atoms with Gasteiger partial charge in [-0.25, -0.2) is 22.2 Å². The molecular formula is C14H16F2N2O3S. The molecule has 1 atom stereocenters. The monoisotopic (exact) mass is 330 g/mol. The third kappa shape index (κ3) is 2.72. The van der Waals surface area contributed by atoms with Gasteiger partial charge in [0.25, 0.3) is 5.92 Å². The molecule has 1 saturated heterocycles. The highest BCUT2D eigenvalue weighted by Gasteiger charge is 2.43. The van der Waals surface area contributed by atoms with E-state index < -0.39 is 21.7 Å². The normalized spacial score (nSPS) is 22.0. The van der Waals surface area contributed by atoms with Gasteiger partial charge < -0.3 is 9.30 Å². The number of halogens is 2. The lowest BCUT2D eigenvalue weighted by Crippen LogP contribution is -2.40. The summed E-state index contributed by atoms with van der Waals surface area (Å²) in [6, 6.07) is 6.79. The van der Waals surface area contributed by atoms with Crippen molar-refractivity contribution in [2.45, 2.75) is 24.0 Å². The van der Waals surface area contributed by atoms with Gasteiger partial charge in [0.05, 0.1) is 30.2 Å². The molecule has 8 heteroatoms. The van der Waals surface area contributed by atoms with Gasteiger partial charge in [0.1, 0.15) is 0 Å². The number of nitrogens with zero attached hydrogens (tertiary/aromatic N) is 2. The van der Waals surface area contributed by atoms with E-state index in [0.717, 1.165) is 6.26 Å². The standard InChI is InChI=1S/C14H16F2N2O3S/c1-22(19,20)13-17-11-4-2-3-5-12(11)18(13)8-10-9-21-7-6-14(10,15)16/h2-5,10H,6-9H2,1H3. The minimum absolute atomic E-state index is 0.0209. The SMILES string of the molecule is CS(=O)(=O)c1nc2ccccc2n1CC1COCCC1(F)F. The number of benzene rings is 1. The van der Waals surface area contributed by atoms with Crippen molar-refractivity contribution in [3.63, 3.8) is 0 Å². The van der Waals surface area contributed by atoms with Gasteiger partial charge >= 0.3 is 0 Å². The van der Waals surface area contributed by atoms with E-state index in [1.165, 1.54) is 4.57 Å². The molecule has 5 nitrogen and oxygen atoms in total. The molecular weight excluding hydrogens is 314 g/mol. The Bertz CT molecular complexity index is 802. The van der Waals surface area contributed by atoms with Gasteiger partial charge in [-0.1, -0.05) is 12.1 Å². The second-order valence-corrected chi connectivity index (χ2v) is 7.46. The van der Waals surface area contributed by atoms with Crippen LogP contribution in [0.2, 0.25) is 0 Å². The maximum absolute atomic E-state index is 14.0. The van der Waals surface area contributed by atoms with Crippen LogP contribution in [0.4, 0.5) is 8.78 Å². The molecule has 1 aromatic carbocycles. The Morgan fingerprint density at radius 1 is 1.41 bits per heavy atom. The van der Waals surface area contributed by atoms with Crippen molar-refractivity contribution >= 4 is 20.9 Å². The van der Waals surface area contributed by atoms with Crippen LogP contribution in [0.25, 0.3) is 11.0 Å². The molecule has 0 N–H and O–H groups in total. The smallest absolute Gasteiger partial charge is 0.257 e. The highest BCUT2D eigenvalue weighted by molar-refractivity contribution is 7.90. The molecule has 22 heavy (non-hydrogen) atoms. The summed E-state index contributed by atoms with van der Waals surface area (Å²) in [6.45, 7) is -0.217. The van der Waals surface area contributed by atoms with Crippen molar-refractivity contribution in [1.29, 1.82) is 0 Å². The number of imidazole rings is 1. The van der Waals surface area contributed by atoms with E-state index in [9.17, 15) is 17.2 Å². The lowest BCUT2D eigenvalue weighted by Gasteiger charge is -2.31. The van der Waals surface area contributed by atoms with Gasteiger partial charge in [-0.05, 0) is 12.1 Å². The van der Waals surface area contributed by atoms with Gasteiger partial charge in [-0.3, -0.25) is 0 Å². The summed E-state index contributed by atoms with van der Waals surface area (Å²) in [4.78, 5) is 4.09. The molecule has 0 bridgehead atoms. The summed E-state index contributed by atoms with van der Waals surface area (Å²) >= 11 is 0. The zero-order valence-electron chi connectivity index (χ0n) is 12.0. The molecule has 1 aliphatic rings. The van der Waals surface area contributed by atoms with Crippen LogP contribution in [-0.4, -0.2) is 43.4 Å². The minimum Gasteiger partial charge on any atom is -0.381 e. The number of hydrogen-bond acceptors (Lipinski definition) is 4. The van der Waals surface area contributed by atoms with Crippen molar-refractivity contribution in [3.8, 4) is 0 Å².